The summed E-state index contributed by atoms with van der Waals surface area (Å²) in [5, 5.41) is 4.00. The van der Waals surface area contributed by atoms with E-state index in [1.165, 1.54) is 11.1 Å². The van der Waals surface area contributed by atoms with Crippen LogP contribution < -0.4 is 5.32 Å². The van der Waals surface area contributed by atoms with Crippen LogP contribution in [0.25, 0.3) is 0 Å². The molecule has 2 aromatic carbocycles. The Morgan fingerprint density at radius 1 is 1.00 bits per heavy atom. The van der Waals surface area contributed by atoms with Gasteiger partial charge in [0, 0.05) is 48.9 Å². The minimum Gasteiger partial charge on any atom is -0.339 e. The molecule has 1 fully saturated rings. The summed E-state index contributed by atoms with van der Waals surface area (Å²) in [4.78, 5) is 22.5. The van der Waals surface area contributed by atoms with E-state index in [2.05, 4.69) is 77.0 Å². The monoisotopic (exact) mass is 468 g/mol. The number of amides is 1. The Kier molecular flexibility index (Phi) is 7.26. The van der Waals surface area contributed by atoms with Gasteiger partial charge < -0.3 is 10.2 Å². The Morgan fingerprint density at radius 3 is 2.46 bits per heavy atom. The standard InChI is InChI=1S/C30H36N4O/c1-3-34(4-2)30(35)23-14-15-28-26(20-23)29(25-12-8-9-13-27(25)32-28)31-24-16-18-33(19-17-24)21-22-10-6-5-7-11-22/h5-15,20,24,26,29,31H,3-4,16-19,21H2,1-2H3. The van der Waals surface area contributed by atoms with Crippen molar-refractivity contribution in [3.63, 3.8) is 0 Å². The van der Waals surface area contributed by atoms with Crippen LogP contribution >= 0.6 is 0 Å². The van der Waals surface area contributed by atoms with E-state index < -0.39 is 0 Å². The number of fused-ring (bicyclic) bond motifs is 2. The molecule has 2 heterocycles. The zero-order valence-corrected chi connectivity index (χ0v) is 20.9. The van der Waals surface area contributed by atoms with Crippen LogP contribution in [-0.2, 0) is 11.3 Å². The van der Waals surface area contributed by atoms with Gasteiger partial charge in [0.15, 0.2) is 0 Å². The highest BCUT2D eigenvalue weighted by Crippen LogP contribution is 2.40. The molecule has 5 rings (SSSR count). The highest BCUT2D eigenvalue weighted by molar-refractivity contribution is 6.07. The number of hydrogen-bond donors (Lipinski definition) is 1. The summed E-state index contributed by atoms with van der Waals surface area (Å²) in [6, 6.07) is 19.8. The van der Waals surface area contributed by atoms with Gasteiger partial charge in [-0.2, -0.15) is 0 Å². The summed E-state index contributed by atoms with van der Waals surface area (Å²) in [6.07, 6.45) is 8.39. The lowest BCUT2D eigenvalue weighted by atomic mass is 9.80. The third kappa shape index (κ3) is 5.16. The van der Waals surface area contributed by atoms with Gasteiger partial charge in [-0.15, -0.1) is 0 Å². The van der Waals surface area contributed by atoms with Crippen LogP contribution in [0.4, 0.5) is 5.69 Å². The third-order valence-electron chi connectivity index (χ3n) is 7.56. The van der Waals surface area contributed by atoms with E-state index in [0.29, 0.717) is 6.04 Å². The lowest BCUT2D eigenvalue weighted by molar-refractivity contribution is -0.126. The Hall–Kier alpha value is -3.02. The maximum Gasteiger partial charge on any atom is 0.253 e. The van der Waals surface area contributed by atoms with Gasteiger partial charge in [-0.25, -0.2) is 0 Å². The van der Waals surface area contributed by atoms with Crippen LogP contribution in [0, 0.1) is 5.92 Å². The maximum absolute atomic E-state index is 13.1. The zero-order chi connectivity index (χ0) is 24.2. The molecule has 1 aliphatic carbocycles. The average Bonchev–Trinajstić information content (AvgIpc) is 2.90. The van der Waals surface area contributed by atoms with E-state index in [-0.39, 0.29) is 17.9 Å². The quantitative estimate of drug-likeness (QED) is 0.619. The van der Waals surface area contributed by atoms with E-state index in [9.17, 15) is 4.79 Å². The predicted molar refractivity (Wildman–Crippen MR) is 143 cm³/mol. The second kappa shape index (κ2) is 10.7. The molecule has 0 radical (unpaired) electrons. The molecule has 1 saturated heterocycles. The number of benzene rings is 2. The number of hydrogen-bond acceptors (Lipinski definition) is 4. The van der Waals surface area contributed by atoms with Crippen molar-refractivity contribution in [2.75, 3.05) is 26.2 Å². The summed E-state index contributed by atoms with van der Waals surface area (Å²) in [5.74, 6) is 0.170. The molecule has 5 heteroatoms. The normalized spacial score (nSPS) is 22.1. The Balaban J connectivity index is 1.33. The molecule has 2 aromatic rings. The molecule has 0 saturated carbocycles. The number of nitrogens with zero attached hydrogens (tertiary/aromatic N) is 3. The summed E-state index contributed by atoms with van der Waals surface area (Å²) in [6.45, 7) is 8.71. The number of nitrogens with one attached hydrogen (secondary N) is 1. The van der Waals surface area contributed by atoms with Crippen molar-refractivity contribution in [1.82, 2.24) is 15.1 Å². The predicted octanol–water partition coefficient (Wildman–Crippen LogP) is 5.05. The minimum absolute atomic E-state index is 0.0618. The van der Waals surface area contributed by atoms with Crippen LogP contribution in [0.1, 0.15) is 43.9 Å². The number of aliphatic imine (C=N–C) groups is 1. The number of likely N-dealkylation sites (N-methyl/N-ethyl adjacent to an activating group) is 1. The lowest BCUT2D eigenvalue weighted by Gasteiger charge is -2.39. The molecule has 1 amide bonds. The molecule has 1 N–H and O–H groups in total. The summed E-state index contributed by atoms with van der Waals surface area (Å²) >= 11 is 0. The van der Waals surface area contributed by atoms with Gasteiger partial charge in [0.1, 0.15) is 0 Å². The summed E-state index contributed by atoms with van der Waals surface area (Å²) in [7, 11) is 0. The molecule has 0 aromatic heterocycles. The van der Waals surface area contributed by atoms with Crippen molar-refractivity contribution in [3.05, 3.63) is 89.5 Å². The number of likely N-dealkylation sites (tertiary alicyclic amines) is 1. The van der Waals surface area contributed by atoms with Gasteiger partial charge >= 0.3 is 0 Å². The second-order valence-electron chi connectivity index (χ2n) is 9.73. The number of rotatable bonds is 7. The van der Waals surface area contributed by atoms with Crippen molar-refractivity contribution in [2.24, 2.45) is 10.9 Å². The highest BCUT2D eigenvalue weighted by Gasteiger charge is 2.35. The molecular formula is C30H36N4O. The van der Waals surface area contributed by atoms with E-state index >= 15 is 0 Å². The molecule has 3 aliphatic rings. The number of carbonyl (C=O) groups is 1. The molecule has 0 spiro atoms. The van der Waals surface area contributed by atoms with Crippen molar-refractivity contribution < 1.29 is 4.79 Å². The fraction of sp³-hybridized carbons (Fsp3) is 0.400. The zero-order valence-electron chi connectivity index (χ0n) is 20.9. The fourth-order valence-corrected chi connectivity index (χ4v) is 5.57. The fourth-order valence-electron chi connectivity index (χ4n) is 5.57. The number of carbonyl (C=O) groups excluding carboxylic acids is 1. The van der Waals surface area contributed by atoms with E-state index in [1.54, 1.807) is 0 Å². The number of allylic oxidation sites excluding steroid dienone is 1. The van der Waals surface area contributed by atoms with Gasteiger partial charge in [0.05, 0.1) is 5.69 Å². The van der Waals surface area contributed by atoms with E-state index in [4.69, 9.17) is 4.99 Å². The minimum atomic E-state index is 0.0618. The number of piperidine rings is 1. The molecule has 0 bridgehead atoms. The molecule has 5 nitrogen and oxygen atoms in total. The van der Waals surface area contributed by atoms with Crippen molar-refractivity contribution in [2.45, 2.75) is 45.3 Å². The van der Waals surface area contributed by atoms with E-state index in [1.807, 2.05) is 24.8 Å². The molecule has 2 aliphatic heterocycles. The van der Waals surface area contributed by atoms with Gasteiger partial charge in [0.2, 0.25) is 0 Å². The van der Waals surface area contributed by atoms with Crippen LogP contribution in [0.2, 0.25) is 0 Å². The van der Waals surface area contributed by atoms with Gasteiger partial charge in [0.25, 0.3) is 5.91 Å². The summed E-state index contributed by atoms with van der Waals surface area (Å²) < 4.78 is 0. The van der Waals surface area contributed by atoms with E-state index in [0.717, 1.165) is 62.5 Å². The van der Waals surface area contributed by atoms with Crippen molar-refractivity contribution >= 4 is 17.3 Å². The molecular weight excluding hydrogens is 432 g/mol. The first-order valence-electron chi connectivity index (χ1n) is 13.0. The maximum atomic E-state index is 13.1. The Labute approximate surface area is 209 Å². The molecule has 2 unspecified atom stereocenters. The lowest BCUT2D eigenvalue weighted by Crippen LogP contribution is -2.46. The third-order valence-corrected chi connectivity index (χ3v) is 7.56. The SMILES string of the molecule is CCN(CC)C(=O)C1=CC2C(=Nc3ccccc3C2NC2CCN(Cc3ccccc3)CC2)C=C1. The second-order valence-corrected chi connectivity index (χ2v) is 9.73. The van der Waals surface area contributed by atoms with Gasteiger partial charge in [-0.1, -0.05) is 54.6 Å². The average molecular weight is 469 g/mol. The van der Waals surface area contributed by atoms with Crippen LogP contribution in [-0.4, -0.2) is 53.6 Å². The molecule has 35 heavy (non-hydrogen) atoms. The van der Waals surface area contributed by atoms with Crippen molar-refractivity contribution in [3.8, 4) is 0 Å². The van der Waals surface area contributed by atoms with Crippen LogP contribution in [0.5, 0.6) is 0 Å². The van der Waals surface area contributed by atoms with Gasteiger partial charge in [-0.05, 0) is 69.1 Å². The Bertz CT molecular complexity index is 1120. The first-order chi connectivity index (χ1) is 17.2. The topological polar surface area (TPSA) is 47.9 Å². The molecule has 2 atom stereocenters. The summed E-state index contributed by atoms with van der Waals surface area (Å²) in [5.41, 5.74) is 5.47. The number of para-hydroxylation sites is 1. The van der Waals surface area contributed by atoms with Crippen LogP contribution in [0.15, 0.2) is 83.4 Å². The highest BCUT2D eigenvalue weighted by atomic mass is 16.2. The van der Waals surface area contributed by atoms with Crippen molar-refractivity contribution in [1.29, 1.82) is 0 Å². The molecule has 182 valence electrons. The first kappa shape index (κ1) is 23.7. The Morgan fingerprint density at radius 2 is 1.71 bits per heavy atom. The smallest absolute Gasteiger partial charge is 0.253 e. The first-order valence-corrected chi connectivity index (χ1v) is 13.0. The van der Waals surface area contributed by atoms with Crippen LogP contribution in [0.3, 0.4) is 0 Å². The largest absolute Gasteiger partial charge is 0.339 e. The van der Waals surface area contributed by atoms with Gasteiger partial charge in [-0.3, -0.25) is 14.7 Å².